The predicted octanol–water partition coefficient (Wildman–Crippen LogP) is 1.87. The number of aryl methyl sites for hydroxylation is 1. The first-order valence-electron chi connectivity index (χ1n) is 2.60. The Kier molecular flexibility index (Phi) is 1.41. The number of pyridine rings is 1. The van der Waals surface area contributed by atoms with Crippen molar-refractivity contribution in [2.45, 2.75) is 6.92 Å². The molecule has 0 aliphatic heterocycles. The van der Waals surface area contributed by atoms with Crippen LogP contribution >= 0.6 is 0 Å². The number of hydrogen-bond acceptors (Lipinski definition) is 2. The fourth-order valence-electron chi connectivity index (χ4n) is 0.578. The fraction of sp³-hybridized carbons (Fsp3) is 0.167. The summed E-state index contributed by atoms with van der Waals surface area (Å²) in [6.45, 7) is 1.84. The number of nitrogens with zero attached hydrogens (tertiary/aromatic N) is 3. The maximum atomic E-state index is 8.32. The standard InChI is InChI=1S/C6H6N3/c1-5-4-8-3-2-6(5)9-7/h2-4H,1H3/q+1. The lowest BCUT2D eigenvalue weighted by molar-refractivity contribution is 1.27. The van der Waals surface area contributed by atoms with Gasteiger partial charge in [0.2, 0.25) is 5.39 Å². The maximum absolute atomic E-state index is 8.32. The second kappa shape index (κ2) is 2.23. The zero-order valence-corrected chi connectivity index (χ0v) is 5.07. The van der Waals surface area contributed by atoms with E-state index in [0.29, 0.717) is 5.69 Å². The van der Waals surface area contributed by atoms with E-state index < -0.39 is 0 Å². The first-order valence-corrected chi connectivity index (χ1v) is 2.60. The van der Waals surface area contributed by atoms with Crippen LogP contribution in [0.4, 0.5) is 5.69 Å². The van der Waals surface area contributed by atoms with Gasteiger partial charge in [0, 0.05) is 12.4 Å². The summed E-state index contributed by atoms with van der Waals surface area (Å²) in [4.78, 5) is 6.85. The topological polar surface area (TPSA) is 41.0 Å². The molecule has 1 heterocycles. The van der Waals surface area contributed by atoms with E-state index in [1.807, 2.05) is 6.92 Å². The molecule has 1 aromatic rings. The van der Waals surface area contributed by atoms with Gasteiger partial charge < -0.3 is 0 Å². The molecule has 0 radical (unpaired) electrons. The van der Waals surface area contributed by atoms with Crippen LogP contribution in [0.25, 0.3) is 4.98 Å². The van der Waals surface area contributed by atoms with E-state index in [9.17, 15) is 0 Å². The van der Waals surface area contributed by atoms with Crippen molar-refractivity contribution in [3.05, 3.63) is 29.0 Å². The number of aromatic nitrogens is 1. The van der Waals surface area contributed by atoms with Crippen LogP contribution in [-0.4, -0.2) is 4.98 Å². The average molecular weight is 120 g/mol. The molecule has 0 atom stereocenters. The number of rotatable bonds is 0. The molecular formula is C6H6N3+. The highest BCUT2D eigenvalue weighted by molar-refractivity contribution is 5.48. The van der Waals surface area contributed by atoms with Gasteiger partial charge in [0.15, 0.2) is 4.98 Å². The van der Waals surface area contributed by atoms with Gasteiger partial charge >= 0.3 is 5.69 Å². The van der Waals surface area contributed by atoms with Gasteiger partial charge in [-0.1, -0.05) is 0 Å². The smallest absolute Gasteiger partial charge is 0.264 e. The molecule has 1 aromatic heterocycles. The van der Waals surface area contributed by atoms with E-state index in [-0.39, 0.29) is 0 Å². The Morgan fingerprint density at radius 1 is 1.67 bits per heavy atom. The molecule has 9 heavy (non-hydrogen) atoms. The summed E-state index contributed by atoms with van der Waals surface area (Å²) in [5.74, 6) is 0. The SMILES string of the molecule is Cc1cnccc1[N+]#N. The lowest BCUT2D eigenvalue weighted by atomic mass is 10.3. The molecule has 0 unspecified atom stereocenters. The maximum Gasteiger partial charge on any atom is 0.390 e. The Morgan fingerprint density at radius 2 is 2.44 bits per heavy atom. The highest BCUT2D eigenvalue weighted by Crippen LogP contribution is 2.14. The Morgan fingerprint density at radius 3 is 2.89 bits per heavy atom. The quantitative estimate of drug-likeness (QED) is 0.490. The van der Waals surface area contributed by atoms with Crippen LogP contribution in [0.3, 0.4) is 0 Å². The predicted molar refractivity (Wildman–Crippen MR) is 33.7 cm³/mol. The van der Waals surface area contributed by atoms with E-state index in [1.54, 1.807) is 18.5 Å². The van der Waals surface area contributed by atoms with Gasteiger partial charge in [0.05, 0.1) is 11.6 Å². The monoisotopic (exact) mass is 120 g/mol. The molecule has 44 valence electrons. The molecule has 1 rings (SSSR count). The molecule has 0 N–H and O–H groups in total. The molecule has 0 bridgehead atoms. The van der Waals surface area contributed by atoms with E-state index in [2.05, 4.69) is 9.96 Å². The van der Waals surface area contributed by atoms with Crippen LogP contribution in [0.15, 0.2) is 18.5 Å². The second-order valence-corrected chi connectivity index (χ2v) is 1.76. The van der Waals surface area contributed by atoms with Crippen LogP contribution in [0.5, 0.6) is 0 Å². The van der Waals surface area contributed by atoms with Gasteiger partial charge in [0.25, 0.3) is 0 Å². The molecule has 0 aliphatic rings. The summed E-state index contributed by atoms with van der Waals surface area (Å²) in [5.41, 5.74) is 1.45. The van der Waals surface area contributed by atoms with Crippen molar-refractivity contribution in [3.63, 3.8) is 0 Å². The Bertz CT molecular complexity index is 249. The molecule has 0 saturated heterocycles. The summed E-state index contributed by atoms with van der Waals surface area (Å²) in [6.07, 6.45) is 3.23. The van der Waals surface area contributed by atoms with Crippen molar-refractivity contribution in [1.82, 2.24) is 4.98 Å². The van der Waals surface area contributed by atoms with Crippen molar-refractivity contribution in [3.8, 4) is 0 Å². The van der Waals surface area contributed by atoms with E-state index >= 15 is 0 Å². The first kappa shape index (κ1) is 5.70. The molecule has 0 fully saturated rings. The third kappa shape index (κ3) is 1.03. The number of diazo groups is 1. The van der Waals surface area contributed by atoms with E-state index in [4.69, 9.17) is 5.39 Å². The summed E-state index contributed by atoms with van der Waals surface area (Å²) >= 11 is 0. The van der Waals surface area contributed by atoms with Crippen LogP contribution in [0.1, 0.15) is 5.56 Å². The van der Waals surface area contributed by atoms with Crippen molar-refractivity contribution in [2.24, 2.45) is 0 Å². The third-order valence-electron chi connectivity index (χ3n) is 1.10. The Balaban J connectivity index is 3.20. The Labute approximate surface area is 53.0 Å². The largest absolute Gasteiger partial charge is 0.390 e. The zero-order valence-electron chi connectivity index (χ0n) is 5.07. The molecule has 0 amide bonds. The van der Waals surface area contributed by atoms with Gasteiger partial charge in [-0.05, 0) is 6.92 Å². The lowest BCUT2D eigenvalue weighted by Gasteiger charge is -1.80. The van der Waals surface area contributed by atoms with Crippen LogP contribution in [0, 0.1) is 12.3 Å². The summed E-state index contributed by atoms with van der Waals surface area (Å²) in [6, 6.07) is 1.65. The summed E-state index contributed by atoms with van der Waals surface area (Å²) in [5, 5.41) is 8.32. The molecule has 0 aromatic carbocycles. The van der Waals surface area contributed by atoms with Crippen LogP contribution in [0.2, 0.25) is 0 Å². The number of hydrogen-bond donors (Lipinski definition) is 0. The molecule has 0 saturated carbocycles. The van der Waals surface area contributed by atoms with E-state index in [1.165, 1.54) is 0 Å². The van der Waals surface area contributed by atoms with Gasteiger partial charge in [-0.15, -0.1) is 0 Å². The second-order valence-electron chi connectivity index (χ2n) is 1.76. The minimum Gasteiger partial charge on any atom is -0.264 e. The van der Waals surface area contributed by atoms with Gasteiger partial charge in [-0.2, -0.15) is 0 Å². The normalized spacial score (nSPS) is 8.44. The molecule has 3 heteroatoms. The first-order chi connectivity index (χ1) is 4.34. The van der Waals surface area contributed by atoms with Gasteiger partial charge in [-0.25, -0.2) is 0 Å². The van der Waals surface area contributed by atoms with Crippen molar-refractivity contribution < 1.29 is 0 Å². The molecular weight excluding hydrogens is 114 g/mol. The van der Waals surface area contributed by atoms with Crippen molar-refractivity contribution in [1.29, 1.82) is 5.39 Å². The average Bonchev–Trinajstić information content (AvgIpc) is 1.89. The fourth-order valence-corrected chi connectivity index (χ4v) is 0.578. The van der Waals surface area contributed by atoms with Gasteiger partial charge in [0.1, 0.15) is 0 Å². The van der Waals surface area contributed by atoms with Gasteiger partial charge in [-0.3, -0.25) is 4.98 Å². The van der Waals surface area contributed by atoms with Crippen LogP contribution in [-0.2, 0) is 0 Å². The summed E-state index contributed by atoms with van der Waals surface area (Å²) < 4.78 is 0. The minimum absolute atomic E-state index is 0.574. The highest BCUT2D eigenvalue weighted by Gasteiger charge is 2.05. The molecule has 0 spiro atoms. The third-order valence-corrected chi connectivity index (χ3v) is 1.10. The zero-order chi connectivity index (χ0) is 6.69. The van der Waals surface area contributed by atoms with Crippen molar-refractivity contribution in [2.75, 3.05) is 0 Å². The highest BCUT2D eigenvalue weighted by atomic mass is 14.9. The van der Waals surface area contributed by atoms with Crippen LogP contribution < -0.4 is 0 Å². The van der Waals surface area contributed by atoms with Crippen molar-refractivity contribution >= 4 is 5.69 Å². The molecule has 0 aliphatic carbocycles. The molecule has 3 nitrogen and oxygen atoms in total. The lowest BCUT2D eigenvalue weighted by Crippen LogP contribution is -1.72. The summed E-state index contributed by atoms with van der Waals surface area (Å²) in [7, 11) is 0. The van der Waals surface area contributed by atoms with E-state index in [0.717, 1.165) is 5.56 Å². The Hall–Kier alpha value is -1.43. The minimum atomic E-state index is 0.574.